The van der Waals surface area contributed by atoms with Gasteiger partial charge in [-0.2, -0.15) is 0 Å². The fraction of sp³-hybridized carbons (Fsp3) is 0.257. The van der Waals surface area contributed by atoms with E-state index >= 15 is 0 Å². The molecule has 0 radical (unpaired) electrons. The summed E-state index contributed by atoms with van der Waals surface area (Å²) in [6.07, 6.45) is 2.69. The number of non-ortho nitro benzene ring substituents is 1. The molecule has 6 rings (SSSR count). The highest BCUT2D eigenvalue weighted by Gasteiger charge is 2.39. The van der Waals surface area contributed by atoms with Crippen LogP contribution < -0.4 is 9.64 Å². The van der Waals surface area contributed by atoms with Crippen molar-refractivity contribution in [3.63, 3.8) is 0 Å². The molecule has 2 aliphatic rings. The molecule has 0 saturated carbocycles. The summed E-state index contributed by atoms with van der Waals surface area (Å²) in [6, 6.07) is 31.6. The van der Waals surface area contributed by atoms with Crippen LogP contribution in [0.3, 0.4) is 0 Å². The third kappa shape index (κ3) is 6.27. The number of fused-ring (bicyclic) bond motifs is 1. The number of carbonyl (C=O) groups is 2. The van der Waals surface area contributed by atoms with E-state index in [-0.39, 0.29) is 24.1 Å². The maximum absolute atomic E-state index is 14.2. The molecular weight excluding hydrogens is 556 g/mol. The maximum atomic E-state index is 14.2. The van der Waals surface area contributed by atoms with E-state index in [0.717, 1.165) is 49.0 Å². The Morgan fingerprint density at radius 3 is 2.02 bits per heavy atom. The molecule has 2 amide bonds. The maximum Gasteiger partial charge on any atom is 0.270 e. The van der Waals surface area contributed by atoms with E-state index < -0.39 is 11.1 Å². The molecule has 1 atom stereocenters. The number of carbonyl (C=O) groups excluding carboxylic acids is 2. The van der Waals surface area contributed by atoms with Gasteiger partial charge in [-0.15, -0.1) is 0 Å². The molecule has 1 fully saturated rings. The molecule has 4 aromatic carbocycles. The number of hydrogen-bond acceptors (Lipinski definition) is 6. The first-order valence-corrected chi connectivity index (χ1v) is 14.9. The summed E-state index contributed by atoms with van der Waals surface area (Å²) in [7, 11) is 0. The first-order valence-electron chi connectivity index (χ1n) is 14.9. The molecule has 1 saturated heterocycles. The zero-order chi connectivity index (χ0) is 30.5. The summed E-state index contributed by atoms with van der Waals surface area (Å²) >= 11 is 0. The lowest BCUT2D eigenvalue weighted by Gasteiger charge is -2.46. The number of ether oxygens (including phenoxy) is 1. The zero-order valence-electron chi connectivity index (χ0n) is 24.4. The summed E-state index contributed by atoms with van der Waals surface area (Å²) in [4.78, 5) is 43.8. The van der Waals surface area contributed by atoms with Crippen LogP contribution in [-0.4, -0.2) is 46.2 Å². The minimum atomic E-state index is -0.513. The number of likely N-dealkylation sites (tertiary alicyclic amines) is 1. The highest BCUT2D eigenvalue weighted by molar-refractivity contribution is 6.02. The molecule has 0 N–H and O–H groups in total. The number of amides is 2. The Hall–Kier alpha value is -5.18. The highest BCUT2D eigenvalue weighted by Crippen LogP contribution is 2.42. The van der Waals surface area contributed by atoms with Crippen molar-refractivity contribution in [1.82, 2.24) is 9.80 Å². The summed E-state index contributed by atoms with van der Waals surface area (Å²) in [5.41, 5.74) is 3.62. The second-order valence-electron chi connectivity index (χ2n) is 11.2. The Morgan fingerprint density at radius 1 is 0.795 bits per heavy atom. The van der Waals surface area contributed by atoms with E-state index in [1.807, 2.05) is 89.8 Å². The number of rotatable bonds is 9. The molecule has 44 heavy (non-hydrogen) atoms. The van der Waals surface area contributed by atoms with Crippen molar-refractivity contribution < 1.29 is 19.2 Å². The van der Waals surface area contributed by atoms with Crippen LogP contribution in [0.4, 0.5) is 11.4 Å². The molecule has 0 spiro atoms. The van der Waals surface area contributed by atoms with Crippen LogP contribution in [0.2, 0.25) is 0 Å². The lowest BCUT2D eigenvalue weighted by atomic mass is 9.98. The van der Waals surface area contributed by atoms with Gasteiger partial charge in [-0.3, -0.25) is 19.7 Å². The zero-order valence-corrected chi connectivity index (χ0v) is 24.4. The van der Waals surface area contributed by atoms with E-state index in [1.165, 1.54) is 12.1 Å². The van der Waals surface area contributed by atoms with Crippen molar-refractivity contribution in [3.05, 3.63) is 135 Å². The van der Waals surface area contributed by atoms with Gasteiger partial charge in [0.25, 0.3) is 17.5 Å². The Balaban J connectivity index is 1.36. The van der Waals surface area contributed by atoms with Crippen LogP contribution in [0.15, 0.2) is 103 Å². The fourth-order valence-electron chi connectivity index (χ4n) is 5.99. The SMILES string of the molecule is O=C(COc1ccc([C@@H]2N(Cc3ccccc3)C(=O)c3cc([N+](=O)[O-])ccc3N2Cc2ccccc2)cc1)N1CCCCC1. The van der Waals surface area contributed by atoms with Crippen molar-refractivity contribution in [1.29, 1.82) is 0 Å². The standard InChI is InChI=1S/C35H34N4O5/c40-33(36-20-8-3-9-21-36)25-44-30-17-14-28(15-18-30)34-37(23-26-10-4-1-5-11-26)32-19-16-29(39(42)43)22-31(32)35(41)38(34)24-27-12-6-2-7-13-27/h1-2,4-7,10-19,22,34H,3,8-9,20-21,23-25H2/t34-/m0/s1. The summed E-state index contributed by atoms with van der Waals surface area (Å²) in [6.45, 7) is 2.30. The predicted octanol–water partition coefficient (Wildman–Crippen LogP) is 6.35. The van der Waals surface area contributed by atoms with Gasteiger partial charge in [0.2, 0.25) is 0 Å². The molecule has 0 aliphatic carbocycles. The molecular formula is C35H34N4O5. The lowest BCUT2D eigenvalue weighted by molar-refractivity contribution is -0.384. The van der Waals surface area contributed by atoms with Crippen molar-refractivity contribution in [3.8, 4) is 5.75 Å². The van der Waals surface area contributed by atoms with Gasteiger partial charge in [-0.05, 0) is 54.2 Å². The van der Waals surface area contributed by atoms with Crippen molar-refractivity contribution in [2.45, 2.75) is 38.5 Å². The lowest BCUT2D eigenvalue weighted by Crippen LogP contribution is -2.48. The van der Waals surface area contributed by atoms with Crippen molar-refractivity contribution in [2.75, 3.05) is 24.6 Å². The number of piperidine rings is 1. The van der Waals surface area contributed by atoms with Gasteiger partial charge in [-0.1, -0.05) is 72.8 Å². The summed E-state index contributed by atoms with van der Waals surface area (Å²) < 4.78 is 5.87. The van der Waals surface area contributed by atoms with E-state index in [4.69, 9.17) is 4.74 Å². The molecule has 2 aliphatic heterocycles. The number of nitro benzene ring substituents is 1. The topological polar surface area (TPSA) is 96.2 Å². The quantitative estimate of drug-likeness (QED) is 0.167. The van der Waals surface area contributed by atoms with Crippen LogP contribution in [0.1, 0.15) is 52.5 Å². The van der Waals surface area contributed by atoms with Crippen molar-refractivity contribution in [2.24, 2.45) is 0 Å². The van der Waals surface area contributed by atoms with Gasteiger partial charge in [0.15, 0.2) is 6.61 Å². The second-order valence-corrected chi connectivity index (χ2v) is 11.2. The van der Waals surface area contributed by atoms with E-state index in [9.17, 15) is 19.7 Å². The third-order valence-corrected chi connectivity index (χ3v) is 8.22. The van der Waals surface area contributed by atoms with E-state index in [0.29, 0.717) is 30.1 Å². The van der Waals surface area contributed by atoms with Crippen LogP contribution in [0, 0.1) is 10.1 Å². The van der Waals surface area contributed by atoms with Gasteiger partial charge in [0, 0.05) is 38.3 Å². The Bertz CT molecular complexity index is 1620. The van der Waals surface area contributed by atoms with E-state index in [2.05, 4.69) is 4.90 Å². The molecule has 9 nitrogen and oxygen atoms in total. The average molecular weight is 591 g/mol. The molecule has 2 heterocycles. The van der Waals surface area contributed by atoms with E-state index in [1.54, 1.807) is 11.0 Å². The average Bonchev–Trinajstić information content (AvgIpc) is 3.07. The molecule has 4 aromatic rings. The number of nitro groups is 1. The molecule has 224 valence electrons. The first kappa shape index (κ1) is 28.9. The van der Waals surface area contributed by atoms with Gasteiger partial charge < -0.3 is 19.4 Å². The Labute approximate surface area is 256 Å². The van der Waals surface area contributed by atoms with Crippen LogP contribution in [0.5, 0.6) is 5.75 Å². The normalized spacial score (nSPS) is 16.4. The van der Waals surface area contributed by atoms with Gasteiger partial charge >= 0.3 is 0 Å². The number of nitrogens with zero attached hydrogens (tertiary/aromatic N) is 4. The molecule has 9 heteroatoms. The van der Waals surface area contributed by atoms with Gasteiger partial charge in [0.05, 0.1) is 16.2 Å². The minimum absolute atomic E-state index is 0.0135. The smallest absolute Gasteiger partial charge is 0.270 e. The number of benzene rings is 4. The van der Waals surface area contributed by atoms with Crippen LogP contribution >= 0.6 is 0 Å². The highest BCUT2D eigenvalue weighted by atomic mass is 16.6. The van der Waals surface area contributed by atoms with Gasteiger partial charge in [-0.25, -0.2) is 0 Å². The summed E-state index contributed by atoms with van der Waals surface area (Å²) in [5, 5.41) is 11.7. The second kappa shape index (κ2) is 13.0. The number of anilines is 1. The van der Waals surface area contributed by atoms with Crippen LogP contribution in [0.25, 0.3) is 0 Å². The fourth-order valence-corrected chi connectivity index (χ4v) is 5.99. The van der Waals surface area contributed by atoms with Crippen LogP contribution in [-0.2, 0) is 17.9 Å². The largest absolute Gasteiger partial charge is 0.484 e. The Kier molecular flexibility index (Phi) is 8.54. The summed E-state index contributed by atoms with van der Waals surface area (Å²) in [5.74, 6) is 0.274. The molecule has 0 bridgehead atoms. The number of hydrogen-bond donors (Lipinski definition) is 0. The minimum Gasteiger partial charge on any atom is -0.484 e. The van der Waals surface area contributed by atoms with Gasteiger partial charge in [0.1, 0.15) is 11.9 Å². The van der Waals surface area contributed by atoms with Crippen molar-refractivity contribution >= 4 is 23.2 Å². The Morgan fingerprint density at radius 2 is 1.41 bits per heavy atom. The molecule has 0 aromatic heterocycles. The first-order chi connectivity index (χ1) is 21.5. The molecule has 0 unspecified atom stereocenters. The monoisotopic (exact) mass is 590 g/mol. The third-order valence-electron chi connectivity index (χ3n) is 8.22. The predicted molar refractivity (Wildman–Crippen MR) is 167 cm³/mol.